The van der Waals surface area contributed by atoms with E-state index in [1.165, 1.54) is 6.20 Å². The highest BCUT2D eigenvalue weighted by Crippen LogP contribution is 2.22. The zero-order valence-electron chi connectivity index (χ0n) is 9.75. The Morgan fingerprint density at radius 3 is 2.71 bits per heavy atom. The van der Waals surface area contributed by atoms with Crippen molar-refractivity contribution in [2.75, 3.05) is 5.32 Å². The van der Waals surface area contributed by atoms with Crippen LogP contribution in [0.5, 0.6) is 5.75 Å². The minimum absolute atomic E-state index is 0.0402. The van der Waals surface area contributed by atoms with Gasteiger partial charge in [0.15, 0.2) is 17.4 Å². The molecule has 2 heterocycles. The highest BCUT2D eigenvalue weighted by Gasteiger charge is 2.09. The van der Waals surface area contributed by atoms with Crippen molar-refractivity contribution in [1.82, 2.24) is 15.0 Å². The molecular formula is C12H14N4O. The Labute approximate surface area is 99.6 Å². The smallest absolute Gasteiger partial charge is 0.180 e. The van der Waals surface area contributed by atoms with E-state index < -0.39 is 0 Å². The summed E-state index contributed by atoms with van der Waals surface area (Å²) in [4.78, 5) is 12.5. The fraction of sp³-hybridized carbons (Fsp3) is 0.250. The average Bonchev–Trinajstić information content (AvgIpc) is 2.32. The van der Waals surface area contributed by atoms with Gasteiger partial charge in [-0.05, 0) is 26.0 Å². The molecule has 0 bridgehead atoms. The summed E-state index contributed by atoms with van der Waals surface area (Å²) in [6.07, 6.45) is 3.06. The van der Waals surface area contributed by atoms with Crippen LogP contribution in [0.2, 0.25) is 0 Å². The van der Waals surface area contributed by atoms with E-state index >= 15 is 0 Å². The van der Waals surface area contributed by atoms with Crippen LogP contribution in [-0.2, 0) is 0 Å². The summed E-state index contributed by atoms with van der Waals surface area (Å²) in [5, 5.41) is 12.7. The second kappa shape index (κ2) is 4.78. The van der Waals surface area contributed by atoms with Crippen molar-refractivity contribution in [3.05, 3.63) is 30.6 Å². The molecule has 0 atom stereocenters. The number of anilines is 1. The monoisotopic (exact) mass is 230 g/mol. The van der Waals surface area contributed by atoms with E-state index in [0.29, 0.717) is 17.3 Å². The second-order valence-electron chi connectivity index (χ2n) is 3.94. The summed E-state index contributed by atoms with van der Waals surface area (Å²) >= 11 is 0. The summed E-state index contributed by atoms with van der Waals surface area (Å²) in [5.41, 5.74) is 0.680. The van der Waals surface area contributed by atoms with Gasteiger partial charge in [0.1, 0.15) is 5.69 Å². The van der Waals surface area contributed by atoms with E-state index in [4.69, 9.17) is 0 Å². The van der Waals surface area contributed by atoms with Crippen LogP contribution in [-0.4, -0.2) is 26.1 Å². The first-order valence-electron chi connectivity index (χ1n) is 5.41. The Balaban J connectivity index is 2.37. The van der Waals surface area contributed by atoms with E-state index in [2.05, 4.69) is 20.3 Å². The van der Waals surface area contributed by atoms with Gasteiger partial charge in [0, 0.05) is 12.2 Å². The maximum atomic E-state index is 9.62. The van der Waals surface area contributed by atoms with Crippen LogP contribution in [0.15, 0.2) is 30.6 Å². The summed E-state index contributed by atoms with van der Waals surface area (Å²) in [7, 11) is 0. The van der Waals surface area contributed by atoms with Crippen LogP contribution in [0.25, 0.3) is 11.5 Å². The quantitative estimate of drug-likeness (QED) is 0.844. The van der Waals surface area contributed by atoms with Crippen molar-refractivity contribution < 1.29 is 5.11 Å². The van der Waals surface area contributed by atoms with E-state index in [0.717, 1.165) is 0 Å². The molecule has 2 N–H and O–H groups in total. The molecule has 0 fully saturated rings. The molecule has 5 heteroatoms. The lowest BCUT2D eigenvalue weighted by Crippen LogP contribution is -2.11. The largest absolute Gasteiger partial charge is 0.503 e. The Hall–Kier alpha value is -2.17. The van der Waals surface area contributed by atoms with Gasteiger partial charge in [0.25, 0.3) is 0 Å². The normalized spacial score (nSPS) is 10.5. The fourth-order valence-corrected chi connectivity index (χ4v) is 1.37. The second-order valence-corrected chi connectivity index (χ2v) is 3.94. The van der Waals surface area contributed by atoms with Crippen molar-refractivity contribution in [1.29, 1.82) is 0 Å². The van der Waals surface area contributed by atoms with Gasteiger partial charge in [-0.25, -0.2) is 9.97 Å². The van der Waals surface area contributed by atoms with Gasteiger partial charge in [0.05, 0.1) is 6.20 Å². The Morgan fingerprint density at radius 2 is 2.06 bits per heavy atom. The van der Waals surface area contributed by atoms with E-state index in [1.807, 2.05) is 32.0 Å². The van der Waals surface area contributed by atoms with Gasteiger partial charge in [0.2, 0.25) is 0 Å². The molecule has 0 aromatic carbocycles. The molecule has 5 nitrogen and oxygen atoms in total. The van der Waals surface area contributed by atoms with Gasteiger partial charge < -0.3 is 10.4 Å². The Morgan fingerprint density at radius 1 is 1.24 bits per heavy atom. The van der Waals surface area contributed by atoms with Gasteiger partial charge >= 0.3 is 0 Å². The molecule has 2 rings (SSSR count). The van der Waals surface area contributed by atoms with E-state index in [1.54, 1.807) is 6.20 Å². The van der Waals surface area contributed by atoms with Crippen molar-refractivity contribution in [3.63, 3.8) is 0 Å². The molecule has 17 heavy (non-hydrogen) atoms. The van der Waals surface area contributed by atoms with Gasteiger partial charge in [-0.2, -0.15) is 0 Å². The third-order valence-electron chi connectivity index (χ3n) is 2.09. The summed E-state index contributed by atoms with van der Waals surface area (Å²) in [5.74, 6) is 0.959. The van der Waals surface area contributed by atoms with Crippen LogP contribution in [0.4, 0.5) is 5.82 Å². The van der Waals surface area contributed by atoms with Gasteiger partial charge in [-0.3, -0.25) is 4.98 Å². The lowest BCUT2D eigenvalue weighted by Gasteiger charge is -2.11. The Kier molecular flexibility index (Phi) is 3.18. The van der Waals surface area contributed by atoms with Crippen LogP contribution >= 0.6 is 0 Å². The van der Waals surface area contributed by atoms with Gasteiger partial charge in [-0.15, -0.1) is 0 Å². The molecule has 88 valence electrons. The van der Waals surface area contributed by atoms with Crippen molar-refractivity contribution in [2.45, 2.75) is 19.9 Å². The maximum absolute atomic E-state index is 9.62. The molecule has 2 aromatic rings. The topological polar surface area (TPSA) is 70.9 Å². The average molecular weight is 230 g/mol. The van der Waals surface area contributed by atoms with Crippen molar-refractivity contribution in [2.24, 2.45) is 0 Å². The lowest BCUT2D eigenvalue weighted by atomic mass is 10.3. The zero-order valence-corrected chi connectivity index (χ0v) is 9.75. The summed E-state index contributed by atoms with van der Waals surface area (Å²) in [6, 6.07) is 5.71. The Bertz CT molecular complexity index is 499. The molecule has 0 saturated heterocycles. The first kappa shape index (κ1) is 11.3. The summed E-state index contributed by atoms with van der Waals surface area (Å²) in [6.45, 7) is 3.95. The number of hydrogen-bond donors (Lipinski definition) is 2. The number of aromatic hydroxyl groups is 1. The van der Waals surface area contributed by atoms with E-state index in [9.17, 15) is 5.11 Å². The molecule has 2 aromatic heterocycles. The third-order valence-corrected chi connectivity index (χ3v) is 2.09. The number of aromatic nitrogens is 3. The maximum Gasteiger partial charge on any atom is 0.180 e. The van der Waals surface area contributed by atoms with Crippen molar-refractivity contribution in [3.8, 4) is 17.3 Å². The predicted octanol–water partition coefficient (Wildman–Crippen LogP) is 2.06. The predicted molar refractivity (Wildman–Crippen MR) is 65.7 cm³/mol. The number of pyridine rings is 1. The zero-order chi connectivity index (χ0) is 12.3. The van der Waals surface area contributed by atoms with Crippen LogP contribution in [0.1, 0.15) is 13.8 Å². The van der Waals surface area contributed by atoms with Crippen LogP contribution in [0.3, 0.4) is 0 Å². The van der Waals surface area contributed by atoms with Crippen LogP contribution < -0.4 is 5.32 Å². The first-order valence-corrected chi connectivity index (χ1v) is 5.41. The number of nitrogens with one attached hydrogen (secondary N) is 1. The fourth-order valence-electron chi connectivity index (χ4n) is 1.37. The molecule has 0 saturated carbocycles. The van der Waals surface area contributed by atoms with Crippen LogP contribution in [0, 0.1) is 0 Å². The lowest BCUT2D eigenvalue weighted by molar-refractivity contribution is 0.471. The highest BCUT2D eigenvalue weighted by atomic mass is 16.3. The number of rotatable bonds is 3. The minimum atomic E-state index is 0.0402. The standard InChI is InChI=1S/C12H14N4O/c1-8(2)15-12-10(17)7-14-11(16-12)9-5-3-4-6-13-9/h3-8,17H,1-2H3,(H,14,15,16). The third kappa shape index (κ3) is 2.69. The number of nitrogens with zero attached hydrogens (tertiary/aromatic N) is 3. The van der Waals surface area contributed by atoms with E-state index in [-0.39, 0.29) is 11.8 Å². The first-order chi connectivity index (χ1) is 8.16. The molecule has 0 aliphatic heterocycles. The molecule has 0 radical (unpaired) electrons. The highest BCUT2D eigenvalue weighted by molar-refractivity contribution is 5.56. The number of hydrogen-bond acceptors (Lipinski definition) is 5. The molecule has 0 aliphatic rings. The van der Waals surface area contributed by atoms with Gasteiger partial charge in [-0.1, -0.05) is 6.07 Å². The molecule has 0 amide bonds. The molecule has 0 aliphatic carbocycles. The van der Waals surface area contributed by atoms with Crippen molar-refractivity contribution >= 4 is 5.82 Å². The molecule has 0 unspecified atom stereocenters. The SMILES string of the molecule is CC(C)Nc1nc(-c2ccccn2)ncc1O. The minimum Gasteiger partial charge on any atom is -0.503 e. The molecular weight excluding hydrogens is 216 g/mol. The summed E-state index contributed by atoms with van der Waals surface area (Å²) < 4.78 is 0. The molecule has 0 spiro atoms.